The summed E-state index contributed by atoms with van der Waals surface area (Å²) in [5.74, 6) is 0.953. The minimum absolute atomic E-state index is 0.163. The second-order valence-corrected chi connectivity index (χ2v) is 8.65. The quantitative estimate of drug-likeness (QED) is 0.182. The lowest BCUT2D eigenvalue weighted by atomic mass is 10.2. The average Bonchev–Trinajstić information content (AvgIpc) is 3.26. The summed E-state index contributed by atoms with van der Waals surface area (Å²) in [6, 6.07) is 17.7. The number of thiazole rings is 1. The molecule has 1 aromatic heterocycles. The third-order valence-corrected chi connectivity index (χ3v) is 6.20. The van der Waals surface area contributed by atoms with Gasteiger partial charge in [-0.1, -0.05) is 61.9 Å². The molecular formula is C23H25N3O2S2. The van der Waals surface area contributed by atoms with E-state index in [2.05, 4.69) is 22.4 Å². The van der Waals surface area contributed by atoms with E-state index in [1.807, 2.05) is 60.0 Å². The van der Waals surface area contributed by atoms with Crippen LogP contribution in [0.15, 0.2) is 69.4 Å². The molecule has 0 aliphatic rings. The zero-order valence-electron chi connectivity index (χ0n) is 16.9. The predicted molar refractivity (Wildman–Crippen MR) is 125 cm³/mol. The number of carbonyl (C=O) groups excluding carboxylic acids is 1. The number of ether oxygens (including phenoxy) is 1. The fraction of sp³-hybridized carbons (Fsp3) is 0.261. The molecule has 0 bridgehead atoms. The molecule has 0 saturated heterocycles. The summed E-state index contributed by atoms with van der Waals surface area (Å²) in [5.41, 5.74) is 5.46. The van der Waals surface area contributed by atoms with Crippen LogP contribution in [0.3, 0.4) is 0 Å². The Labute approximate surface area is 185 Å². The van der Waals surface area contributed by atoms with Crippen molar-refractivity contribution >= 4 is 35.2 Å². The maximum Gasteiger partial charge on any atom is 0.250 e. The molecule has 3 rings (SSSR count). The Morgan fingerprint density at radius 1 is 1.17 bits per heavy atom. The molecule has 5 nitrogen and oxygen atoms in total. The van der Waals surface area contributed by atoms with Gasteiger partial charge in [-0.05, 0) is 36.2 Å². The van der Waals surface area contributed by atoms with Crippen LogP contribution in [0.4, 0.5) is 0 Å². The zero-order valence-corrected chi connectivity index (χ0v) is 18.5. The lowest BCUT2D eigenvalue weighted by Gasteiger charge is -2.05. The van der Waals surface area contributed by atoms with Crippen LogP contribution in [0.5, 0.6) is 5.75 Å². The van der Waals surface area contributed by atoms with Gasteiger partial charge in [0.05, 0.1) is 24.3 Å². The number of nitrogens with one attached hydrogen (secondary N) is 1. The highest BCUT2D eigenvalue weighted by Gasteiger charge is 2.07. The second kappa shape index (κ2) is 12.1. The van der Waals surface area contributed by atoms with E-state index in [-0.39, 0.29) is 11.7 Å². The first-order chi connectivity index (χ1) is 14.7. The molecule has 156 valence electrons. The fourth-order valence-corrected chi connectivity index (χ4v) is 4.22. The number of carbonyl (C=O) groups is 1. The van der Waals surface area contributed by atoms with Crippen LogP contribution >= 0.6 is 23.1 Å². The normalized spacial score (nSPS) is 11.0. The first kappa shape index (κ1) is 22.1. The standard InChI is InChI=1S/C23H25N3O2S2/c1-2-3-7-14-28-20-12-10-18(11-13-20)15-24-26-22(27)17-30-23-25-21(16-29-23)19-8-5-4-6-9-19/h4-6,8-13,15-16H,2-3,7,14,17H2,1H3,(H,26,27)/b24-15+. The third-order valence-electron chi connectivity index (χ3n) is 4.18. The molecule has 0 unspecified atom stereocenters. The van der Waals surface area contributed by atoms with E-state index in [1.54, 1.807) is 6.21 Å². The average molecular weight is 440 g/mol. The number of hydrogen-bond donors (Lipinski definition) is 1. The molecule has 30 heavy (non-hydrogen) atoms. The van der Waals surface area contributed by atoms with E-state index in [9.17, 15) is 4.79 Å². The Kier molecular flexibility index (Phi) is 8.93. The fourth-order valence-electron chi connectivity index (χ4n) is 2.60. The van der Waals surface area contributed by atoms with Crippen molar-refractivity contribution in [2.45, 2.75) is 30.5 Å². The number of hydrazone groups is 1. The van der Waals surface area contributed by atoms with Crippen LogP contribution in [0, 0.1) is 0 Å². The molecule has 0 fully saturated rings. The van der Waals surface area contributed by atoms with Crippen molar-refractivity contribution in [3.05, 3.63) is 65.5 Å². The molecule has 0 spiro atoms. The van der Waals surface area contributed by atoms with Crippen molar-refractivity contribution in [2.75, 3.05) is 12.4 Å². The molecule has 3 aromatic rings. The SMILES string of the molecule is CCCCCOc1ccc(/C=N/NC(=O)CSc2nc(-c3ccccc3)cs2)cc1. The number of nitrogens with zero attached hydrogens (tertiary/aromatic N) is 2. The molecule has 0 aliphatic carbocycles. The topological polar surface area (TPSA) is 63.6 Å². The van der Waals surface area contributed by atoms with Gasteiger partial charge < -0.3 is 4.74 Å². The summed E-state index contributed by atoms with van der Waals surface area (Å²) in [6.45, 7) is 2.91. The van der Waals surface area contributed by atoms with Crippen LogP contribution in [-0.2, 0) is 4.79 Å². The van der Waals surface area contributed by atoms with E-state index >= 15 is 0 Å². The summed E-state index contributed by atoms with van der Waals surface area (Å²) < 4.78 is 6.55. The Morgan fingerprint density at radius 2 is 1.97 bits per heavy atom. The number of hydrogen-bond acceptors (Lipinski definition) is 6. The van der Waals surface area contributed by atoms with Crippen LogP contribution in [-0.4, -0.2) is 29.5 Å². The minimum Gasteiger partial charge on any atom is -0.494 e. The van der Waals surface area contributed by atoms with Gasteiger partial charge in [-0.15, -0.1) is 11.3 Å². The monoisotopic (exact) mass is 439 g/mol. The molecule has 0 saturated carbocycles. The first-order valence-electron chi connectivity index (χ1n) is 9.93. The van der Waals surface area contributed by atoms with Gasteiger partial charge in [0.2, 0.25) is 0 Å². The van der Waals surface area contributed by atoms with Crippen molar-refractivity contribution in [1.82, 2.24) is 10.4 Å². The van der Waals surface area contributed by atoms with Crippen molar-refractivity contribution < 1.29 is 9.53 Å². The van der Waals surface area contributed by atoms with E-state index in [4.69, 9.17) is 4.74 Å². The van der Waals surface area contributed by atoms with Gasteiger partial charge in [0.1, 0.15) is 5.75 Å². The molecule has 1 heterocycles. The van der Waals surface area contributed by atoms with Gasteiger partial charge in [-0.2, -0.15) is 5.10 Å². The van der Waals surface area contributed by atoms with Crippen LogP contribution in [0.2, 0.25) is 0 Å². The molecule has 0 radical (unpaired) electrons. The number of rotatable bonds is 11. The second-order valence-electron chi connectivity index (χ2n) is 6.57. The highest BCUT2D eigenvalue weighted by molar-refractivity contribution is 8.01. The third kappa shape index (κ3) is 7.31. The Morgan fingerprint density at radius 3 is 2.73 bits per heavy atom. The molecule has 1 amide bonds. The molecule has 7 heteroatoms. The molecule has 2 aromatic carbocycles. The van der Waals surface area contributed by atoms with Crippen molar-refractivity contribution in [3.63, 3.8) is 0 Å². The van der Waals surface area contributed by atoms with E-state index in [1.165, 1.54) is 35.9 Å². The number of aromatic nitrogens is 1. The minimum atomic E-state index is -0.163. The lowest BCUT2D eigenvalue weighted by molar-refractivity contribution is -0.118. The Bertz CT molecular complexity index is 941. The molecule has 1 N–H and O–H groups in total. The summed E-state index contributed by atoms with van der Waals surface area (Å²) in [4.78, 5) is 16.6. The van der Waals surface area contributed by atoms with E-state index in [0.717, 1.165) is 39.9 Å². The molecular weight excluding hydrogens is 414 g/mol. The summed E-state index contributed by atoms with van der Waals surface area (Å²) in [6.07, 6.45) is 5.06. The maximum atomic E-state index is 12.0. The lowest BCUT2D eigenvalue weighted by Crippen LogP contribution is -2.19. The highest BCUT2D eigenvalue weighted by Crippen LogP contribution is 2.27. The number of unbranched alkanes of at least 4 members (excludes halogenated alkanes) is 2. The van der Waals surface area contributed by atoms with Gasteiger partial charge in [0.15, 0.2) is 4.34 Å². The van der Waals surface area contributed by atoms with Gasteiger partial charge in [-0.3, -0.25) is 4.79 Å². The van der Waals surface area contributed by atoms with Crippen molar-refractivity contribution in [1.29, 1.82) is 0 Å². The summed E-state index contributed by atoms with van der Waals surface area (Å²) in [7, 11) is 0. The van der Waals surface area contributed by atoms with Gasteiger partial charge >= 0.3 is 0 Å². The van der Waals surface area contributed by atoms with Crippen LogP contribution < -0.4 is 10.2 Å². The zero-order chi connectivity index (χ0) is 21.0. The van der Waals surface area contributed by atoms with E-state index < -0.39 is 0 Å². The number of amides is 1. The van der Waals surface area contributed by atoms with Gasteiger partial charge in [-0.25, -0.2) is 10.4 Å². The smallest absolute Gasteiger partial charge is 0.250 e. The first-order valence-corrected chi connectivity index (χ1v) is 11.8. The predicted octanol–water partition coefficient (Wildman–Crippen LogP) is 5.62. The number of benzene rings is 2. The Hall–Kier alpha value is -2.64. The molecule has 0 aliphatic heterocycles. The molecule has 0 atom stereocenters. The van der Waals surface area contributed by atoms with Crippen molar-refractivity contribution in [3.8, 4) is 17.0 Å². The Balaban J connectivity index is 1.39. The summed E-state index contributed by atoms with van der Waals surface area (Å²) >= 11 is 2.95. The van der Waals surface area contributed by atoms with E-state index in [0.29, 0.717) is 0 Å². The van der Waals surface area contributed by atoms with Crippen LogP contribution in [0.25, 0.3) is 11.3 Å². The van der Waals surface area contributed by atoms with Crippen molar-refractivity contribution in [2.24, 2.45) is 5.10 Å². The maximum absolute atomic E-state index is 12.0. The largest absolute Gasteiger partial charge is 0.494 e. The van der Waals surface area contributed by atoms with Gasteiger partial charge in [0, 0.05) is 10.9 Å². The summed E-state index contributed by atoms with van der Waals surface area (Å²) in [5, 5.41) is 6.03. The number of thioether (sulfide) groups is 1. The van der Waals surface area contributed by atoms with Crippen LogP contribution in [0.1, 0.15) is 31.7 Å². The van der Waals surface area contributed by atoms with Gasteiger partial charge in [0.25, 0.3) is 5.91 Å². The highest BCUT2D eigenvalue weighted by atomic mass is 32.2.